The summed E-state index contributed by atoms with van der Waals surface area (Å²) >= 11 is 1.35. The Labute approximate surface area is 122 Å². The number of aliphatic hydroxyl groups is 1. The first-order valence-electron chi connectivity index (χ1n) is 6.65. The van der Waals surface area contributed by atoms with Crippen molar-refractivity contribution in [1.82, 2.24) is 4.31 Å². The third-order valence-corrected chi connectivity index (χ3v) is 7.31. The van der Waals surface area contributed by atoms with Crippen molar-refractivity contribution < 1.29 is 13.5 Å². The summed E-state index contributed by atoms with van der Waals surface area (Å²) < 4.78 is 28.1. The number of rotatable bonds is 4. The zero-order chi connectivity index (χ0) is 14.3. The molecule has 3 rings (SSSR count). The van der Waals surface area contributed by atoms with E-state index in [0.717, 1.165) is 24.0 Å². The van der Waals surface area contributed by atoms with Crippen molar-refractivity contribution in [2.75, 3.05) is 7.05 Å². The van der Waals surface area contributed by atoms with Gasteiger partial charge in [-0.1, -0.05) is 24.6 Å². The number of aliphatic hydroxyl groups excluding tert-OH is 1. The van der Waals surface area contributed by atoms with Gasteiger partial charge in [-0.05, 0) is 18.9 Å². The lowest BCUT2D eigenvalue weighted by atomic mass is 9.94. The van der Waals surface area contributed by atoms with Crippen LogP contribution in [0.1, 0.15) is 24.1 Å². The SMILES string of the molecule is CN(C1CCC1)S(=O)(=O)c1c(CO)sc2ccccc12. The van der Waals surface area contributed by atoms with Crippen molar-refractivity contribution in [3.05, 3.63) is 29.1 Å². The van der Waals surface area contributed by atoms with Crippen LogP contribution in [-0.2, 0) is 16.6 Å². The van der Waals surface area contributed by atoms with Gasteiger partial charge < -0.3 is 5.11 Å². The van der Waals surface area contributed by atoms with E-state index in [9.17, 15) is 13.5 Å². The summed E-state index contributed by atoms with van der Waals surface area (Å²) in [5.74, 6) is 0. The maximum atomic E-state index is 12.8. The van der Waals surface area contributed by atoms with Crippen LogP contribution >= 0.6 is 11.3 Å². The molecule has 4 nitrogen and oxygen atoms in total. The lowest BCUT2D eigenvalue weighted by Gasteiger charge is -2.33. The second-order valence-corrected chi connectivity index (χ2v) is 8.19. The molecule has 0 bridgehead atoms. The second-order valence-electron chi connectivity index (χ2n) is 5.11. The van der Waals surface area contributed by atoms with Crippen molar-refractivity contribution in [1.29, 1.82) is 0 Å². The van der Waals surface area contributed by atoms with E-state index >= 15 is 0 Å². The van der Waals surface area contributed by atoms with Crippen LogP contribution in [0.15, 0.2) is 29.2 Å². The first-order chi connectivity index (χ1) is 9.55. The molecule has 0 unspecified atom stereocenters. The number of hydrogen-bond acceptors (Lipinski definition) is 4. The summed E-state index contributed by atoms with van der Waals surface area (Å²) in [6.07, 6.45) is 2.93. The molecule has 2 aromatic rings. The average molecular weight is 311 g/mol. The highest BCUT2D eigenvalue weighted by Gasteiger charge is 2.34. The Morgan fingerprint density at radius 2 is 2.05 bits per heavy atom. The fraction of sp³-hybridized carbons (Fsp3) is 0.429. The van der Waals surface area contributed by atoms with Gasteiger partial charge in [0.25, 0.3) is 0 Å². The first-order valence-corrected chi connectivity index (χ1v) is 8.90. The monoisotopic (exact) mass is 311 g/mol. The van der Waals surface area contributed by atoms with E-state index in [4.69, 9.17) is 0 Å². The molecule has 0 amide bonds. The maximum absolute atomic E-state index is 12.8. The lowest BCUT2D eigenvalue weighted by Crippen LogP contribution is -2.41. The summed E-state index contributed by atoms with van der Waals surface area (Å²) in [6.45, 7) is -0.244. The molecule has 1 fully saturated rings. The minimum absolute atomic E-state index is 0.102. The van der Waals surface area contributed by atoms with Crippen molar-refractivity contribution in [3.63, 3.8) is 0 Å². The van der Waals surface area contributed by atoms with Crippen LogP contribution in [0.25, 0.3) is 10.1 Å². The Hall–Kier alpha value is -0.950. The average Bonchev–Trinajstić information content (AvgIpc) is 2.75. The standard InChI is InChI=1S/C14H17NO3S2/c1-15(10-5-4-6-10)20(17,18)14-11-7-2-3-8-12(11)19-13(14)9-16/h2-3,7-8,10,16H,4-6,9H2,1H3. The van der Waals surface area contributed by atoms with E-state index in [1.54, 1.807) is 7.05 Å². The Morgan fingerprint density at radius 3 is 2.65 bits per heavy atom. The fourth-order valence-corrected chi connectivity index (χ4v) is 5.71. The topological polar surface area (TPSA) is 57.6 Å². The molecule has 6 heteroatoms. The molecule has 0 atom stereocenters. The molecule has 20 heavy (non-hydrogen) atoms. The van der Waals surface area contributed by atoms with Crippen LogP contribution in [0.5, 0.6) is 0 Å². The van der Waals surface area contributed by atoms with Gasteiger partial charge in [0.1, 0.15) is 4.90 Å². The Kier molecular flexibility index (Phi) is 3.58. The van der Waals surface area contributed by atoms with Gasteiger partial charge in [-0.2, -0.15) is 4.31 Å². The van der Waals surface area contributed by atoms with Crippen molar-refractivity contribution in [2.45, 2.75) is 36.8 Å². The zero-order valence-electron chi connectivity index (χ0n) is 11.2. The van der Waals surface area contributed by atoms with Crippen LogP contribution in [0.2, 0.25) is 0 Å². The van der Waals surface area contributed by atoms with E-state index in [1.165, 1.54) is 15.6 Å². The predicted molar refractivity (Wildman–Crippen MR) is 80.3 cm³/mol. The molecule has 1 aromatic heterocycles. The van der Waals surface area contributed by atoms with Gasteiger partial charge in [-0.3, -0.25) is 0 Å². The quantitative estimate of drug-likeness (QED) is 0.944. The van der Waals surface area contributed by atoms with E-state index in [2.05, 4.69) is 0 Å². The van der Waals surface area contributed by atoms with Gasteiger partial charge in [0.15, 0.2) is 0 Å². The molecule has 108 valence electrons. The summed E-state index contributed by atoms with van der Waals surface area (Å²) in [5.41, 5.74) is 0. The summed E-state index contributed by atoms with van der Waals surface area (Å²) in [6, 6.07) is 7.52. The Balaban J connectivity index is 2.17. The zero-order valence-corrected chi connectivity index (χ0v) is 12.9. The van der Waals surface area contributed by atoms with Crippen molar-refractivity contribution >= 4 is 31.4 Å². The Bertz CT molecular complexity index is 732. The van der Waals surface area contributed by atoms with Gasteiger partial charge in [-0.25, -0.2) is 8.42 Å². The van der Waals surface area contributed by atoms with Crippen LogP contribution in [-0.4, -0.2) is 30.9 Å². The van der Waals surface area contributed by atoms with E-state index < -0.39 is 10.0 Å². The van der Waals surface area contributed by atoms with E-state index in [0.29, 0.717) is 10.3 Å². The van der Waals surface area contributed by atoms with Crippen molar-refractivity contribution in [2.24, 2.45) is 0 Å². The van der Waals surface area contributed by atoms with Gasteiger partial charge in [0.2, 0.25) is 10.0 Å². The highest BCUT2D eigenvalue weighted by atomic mass is 32.2. The molecule has 0 saturated heterocycles. The number of nitrogens with zero attached hydrogens (tertiary/aromatic N) is 1. The highest BCUT2D eigenvalue weighted by molar-refractivity contribution is 7.89. The molecule has 1 aromatic carbocycles. The summed E-state index contributed by atoms with van der Waals surface area (Å²) in [7, 11) is -1.90. The Morgan fingerprint density at radius 1 is 1.35 bits per heavy atom. The molecule has 0 radical (unpaired) electrons. The molecule has 1 aliphatic carbocycles. The molecule has 1 heterocycles. The normalized spacial score (nSPS) is 16.8. The van der Waals surface area contributed by atoms with Gasteiger partial charge in [0.05, 0.1) is 11.5 Å². The molecule has 1 N–H and O–H groups in total. The summed E-state index contributed by atoms with van der Waals surface area (Å²) in [5, 5.41) is 10.2. The molecular formula is C14H17NO3S2. The number of benzene rings is 1. The van der Waals surface area contributed by atoms with Gasteiger partial charge in [0, 0.05) is 23.2 Å². The third kappa shape index (κ3) is 2.07. The second kappa shape index (κ2) is 5.11. The smallest absolute Gasteiger partial charge is 0.244 e. The highest BCUT2D eigenvalue weighted by Crippen LogP contribution is 2.38. The number of hydrogen-bond donors (Lipinski definition) is 1. The lowest BCUT2D eigenvalue weighted by molar-refractivity contribution is 0.248. The minimum Gasteiger partial charge on any atom is -0.391 e. The summed E-state index contributed by atoms with van der Waals surface area (Å²) in [4.78, 5) is 0.812. The van der Waals surface area contributed by atoms with Crippen LogP contribution < -0.4 is 0 Å². The molecule has 1 saturated carbocycles. The van der Waals surface area contributed by atoms with Crippen LogP contribution in [0.3, 0.4) is 0 Å². The van der Waals surface area contributed by atoms with E-state index in [-0.39, 0.29) is 17.5 Å². The maximum Gasteiger partial charge on any atom is 0.244 e. The van der Waals surface area contributed by atoms with Crippen LogP contribution in [0, 0.1) is 0 Å². The van der Waals surface area contributed by atoms with Gasteiger partial charge in [-0.15, -0.1) is 11.3 Å². The fourth-order valence-electron chi connectivity index (χ4n) is 2.55. The molecular weight excluding hydrogens is 294 g/mol. The number of fused-ring (bicyclic) bond motifs is 1. The molecule has 1 aliphatic rings. The predicted octanol–water partition coefficient (Wildman–Crippen LogP) is 2.57. The molecule has 0 spiro atoms. The van der Waals surface area contributed by atoms with Gasteiger partial charge >= 0.3 is 0 Å². The van der Waals surface area contributed by atoms with Crippen LogP contribution in [0.4, 0.5) is 0 Å². The largest absolute Gasteiger partial charge is 0.391 e. The minimum atomic E-state index is -3.54. The third-order valence-electron chi connectivity index (χ3n) is 3.99. The number of sulfonamides is 1. The van der Waals surface area contributed by atoms with E-state index in [1.807, 2.05) is 24.3 Å². The first kappa shape index (κ1) is 14.0. The van der Waals surface area contributed by atoms with Crippen molar-refractivity contribution in [3.8, 4) is 0 Å². The molecule has 0 aliphatic heterocycles. The number of thiophene rings is 1.